The number of carbonyl (C=O) groups is 1. The normalized spacial score (nSPS) is 10.0. The van der Waals surface area contributed by atoms with Crippen LogP contribution in [-0.2, 0) is 17.8 Å². The molecule has 5 nitrogen and oxygen atoms in total. The highest BCUT2D eigenvalue weighted by Crippen LogP contribution is 2.24. The van der Waals surface area contributed by atoms with E-state index in [-0.39, 0.29) is 12.3 Å². The second-order valence-electron chi connectivity index (χ2n) is 4.98. The summed E-state index contributed by atoms with van der Waals surface area (Å²) in [6.45, 7) is 0.467. The van der Waals surface area contributed by atoms with Gasteiger partial charge in [0.25, 0.3) is 0 Å². The van der Waals surface area contributed by atoms with Gasteiger partial charge >= 0.3 is 0 Å². The molecule has 1 N–H and O–H groups in total. The molecule has 5 heteroatoms. The van der Waals surface area contributed by atoms with Gasteiger partial charge in [0, 0.05) is 12.1 Å². The van der Waals surface area contributed by atoms with E-state index in [1.807, 2.05) is 30.3 Å². The van der Waals surface area contributed by atoms with Crippen molar-refractivity contribution in [1.82, 2.24) is 5.32 Å². The summed E-state index contributed by atoms with van der Waals surface area (Å²) in [5.74, 6) is 2.09. The average molecular weight is 315 g/mol. The average Bonchev–Trinajstić information content (AvgIpc) is 2.60. The molecule has 0 spiro atoms. The molecule has 0 heterocycles. The Labute approximate surface area is 136 Å². The zero-order valence-corrected chi connectivity index (χ0v) is 13.6. The van der Waals surface area contributed by atoms with Crippen LogP contribution in [0.3, 0.4) is 0 Å². The van der Waals surface area contributed by atoms with E-state index in [9.17, 15) is 4.79 Å². The summed E-state index contributed by atoms with van der Waals surface area (Å²) >= 11 is 0. The van der Waals surface area contributed by atoms with Crippen molar-refractivity contribution in [2.45, 2.75) is 13.0 Å². The first-order valence-electron chi connectivity index (χ1n) is 7.26. The molecule has 0 unspecified atom stereocenters. The number of hydrogen-bond acceptors (Lipinski definition) is 4. The molecule has 0 saturated heterocycles. The van der Waals surface area contributed by atoms with Crippen molar-refractivity contribution in [3.63, 3.8) is 0 Å². The van der Waals surface area contributed by atoms with Crippen molar-refractivity contribution in [2.24, 2.45) is 0 Å². The minimum absolute atomic E-state index is 0.0765. The smallest absolute Gasteiger partial charge is 0.224 e. The van der Waals surface area contributed by atoms with E-state index >= 15 is 0 Å². The fourth-order valence-electron chi connectivity index (χ4n) is 2.20. The number of hydrogen-bond donors (Lipinski definition) is 1. The highest BCUT2D eigenvalue weighted by atomic mass is 16.5. The topological polar surface area (TPSA) is 56.8 Å². The van der Waals surface area contributed by atoms with Crippen LogP contribution in [0.1, 0.15) is 11.1 Å². The van der Waals surface area contributed by atoms with Crippen molar-refractivity contribution in [1.29, 1.82) is 0 Å². The lowest BCUT2D eigenvalue weighted by molar-refractivity contribution is -0.120. The van der Waals surface area contributed by atoms with E-state index in [1.165, 1.54) is 0 Å². The minimum Gasteiger partial charge on any atom is -0.497 e. The van der Waals surface area contributed by atoms with Gasteiger partial charge in [-0.15, -0.1) is 0 Å². The van der Waals surface area contributed by atoms with Crippen LogP contribution in [0.15, 0.2) is 42.5 Å². The first-order chi connectivity index (χ1) is 11.2. The maximum atomic E-state index is 12.1. The third kappa shape index (κ3) is 4.64. The molecule has 0 saturated carbocycles. The first kappa shape index (κ1) is 16.7. The maximum absolute atomic E-state index is 12.1. The summed E-state index contributed by atoms with van der Waals surface area (Å²) < 4.78 is 15.6. The molecule has 0 atom stereocenters. The van der Waals surface area contributed by atoms with Gasteiger partial charge < -0.3 is 19.5 Å². The van der Waals surface area contributed by atoms with Gasteiger partial charge in [-0.1, -0.05) is 12.1 Å². The van der Waals surface area contributed by atoms with Gasteiger partial charge in [-0.2, -0.15) is 0 Å². The third-order valence-electron chi connectivity index (χ3n) is 3.49. The Kier molecular flexibility index (Phi) is 5.86. The standard InChI is InChI=1S/C18H21NO4/c1-21-15-6-4-13(5-7-15)12-19-18(20)11-14-10-16(22-2)8-9-17(14)23-3/h4-10H,11-12H2,1-3H3,(H,19,20). The molecule has 2 aromatic rings. The predicted octanol–water partition coefficient (Wildman–Crippen LogP) is 2.57. The largest absolute Gasteiger partial charge is 0.497 e. The van der Waals surface area contributed by atoms with E-state index in [4.69, 9.17) is 14.2 Å². The molecule has 0 aromatic heterocycles. The highest BCUT2D eigenvalue weighted by molar-refractivity contribution is 5.79. The zero-order chi connectivity index (χ0) is 16.7. The van der Waals surface area contributed by atoms with E-state index in [1.54, 1.807) is 33.5 Å². The molecule has 0 aliphatic heterocycles. The Morgan fingerprint density at radius 1 is 0.913 bits per heavy atom. The molecule has 0 aliphatic carbocycles. The summed E-state index contributed by atoms with van der Waals surface area (Å²) in [6.07, 6.45) is 0.233. The van der Waals surface area contributed by atoms with Crippen molar-refractivity contribution in [2.75, 3.05) is 21.3 Å². The Morgan fingerprint density at radius 2 is 1.57 bits per heavy atom. The van der Waals surface area contributed by atoms with Crippen LogP contribution in [0.2, 0.25) is 0 Å². The number of benzene rings is 2. The minimum atomic E-state index is -0.0765. The number of carbonyl (C=O) groups excluding carboxylic acids is 1. The summed E-state index contributed by atoms with van der Waals surface area (Å²) in [4.78, 5) is 12.1. The number of amides is 1. The van der Waals surface area contributed by atoms with Gasteiger partial charge in [-0.3, -0.25) is 4.79 Å². The molecule has 0 fully saturated rings. The van der Waals surface area contributed by atoms with Crippen LogP contribution in [0.25, 0.3) is 0 Å². The Hall–Kier alpha value is -2.69. The van der Waals surface area contributed by atoms with Gasteiger partial charge in [-0.05, 0) is 35.9 Å². The monoisotopic (exact) mass is 315 g/mol. The lowest BCUT2D eigenvalue weighted by Gasteiger charge is -2.11. The Balaban J connectivity index is 1.96. The summed E-state index contributed by atoms with van der Waals surface area (Å²) in [5, 5.41) is 2.90. The fourth-order valence-corrected chi connectivity index (χ4v) is 2.20. The second kappa shape index (κ2) is 8.08. The van der Waals surface area contributed by atoms with Crippen LogP contribution in [-0.4, -0.2) is 27.2 Å². The zero-order valence-electron chi connectivity index (χ0n) is 13.6. The Morgan fingerprint density at radius 3 is 2.17 bits per heavy atom. The summed E-state index contributed by atoms with van der Waals surface area (Å²) in [5.41, 5.74) is 1.80. The molecule has 2 aromatic carbocycles. The number of rotatable bonds is 7. The predicted molar refractivity (Wildman–Crippen MR) is 88.1 cm³/mol. The number of methoxy groups -OCH3 is 3. The van der Waals surface area contributed by atoms with Crippen LogP contribution < -0.4 is 19.5 Å². The van der Waals surface area contributed by atoms with Crippen LogP contribution >= 0.6 is 0 Å². The van der Waals surface area contributed by atoms with Crippen molar-refractivity contribution in [3.05, 3.63) is 53.6 Å². The van der Waals surface area contributed by atoms with Gasteiger partial charge in [0.15, 0.2) is 0 Å². The van der Waals surface area contributed by atoms with E-state index in [0.29, 0.717) is 18.0 Å². The molecule has 0 radical (unpaired) electrons. The lowest BCUT2D eigenvalue weighted by Crippen LogP contribution is -2.24. The van der Waals surface area contributed by atoms with Gasteiger partial charge in [-0.25, -0.2) is 0 Å². The highest BCUT2D eigenvalue weighted by Gasteiger charge is 2.10. The Bertz CT molecular complexity index is 653. The van der Waals surface area contributed by atoms with Gasteiger partial charge in [0.05, 0.1) is 27.8 Å². The van der Waals surface area contributed by atoms with Crippen molar-refractivity contribution in [3.8, 4) is 17.2 Å². The van der Waals surface area contributed by atoms with Crippen molar-refractivity contribution >= 4 is 5.91 Å². The summed E-state index contributed by atoms with van der Waals surface area (Å²) in [6, 6.07) is 13.0. The molecule has 0 aliphatic rings. The van der Waals surface area contributed by atoms with E-state index < -0.39 is 0 Å². The molecular weight excluding hydrogens is 294 g/mol. The van der Waals surface area contributed by atoms with Crippen LogP contribution in [0.5, 0.6) is 17.2 Å². The fraction of sp³-hybridized carbons (Fsp3) is 0.278. The van der Waals surface area contributed by atoms with E-state index in [2.05, 4.69) is 5.32 Å². The first-order valence-corrected chi connectivity index (χ1v) is 7.26. The third-order valence-corrected chi connectivity index (χ3v) is 3.49. The molecule has 2 rings (SSSR count). The lowest BCUT2D eigenvalue weighted by atomic mass is 10.1. The molecule has 0 bridgehead atoms. The van der Waals surface area contributed by atoms with E-state index in [0.717, 1.165) is 16.9 Å². The molecule has 23 heavy (non-hydrogen) atoms. The summed E-state index contributed by atoms with van der Waals surface area (Å²) in [7, 11) is 4.80. The maximum Gasteiger partial charge on any atom is 0.224 e. The SMILES string of the molecule is COc1ccc(CNC(=O)Cc2cc(OC)ccc2OC)cc1. The quantitative estimate of drug-likeness (QED) is 0.853. The van der Waals surface area contributed by atoms with Gasteiger partial charge in [0.2, 0.25) is 5.91 Å². The van der Waals surface area contributed by atoms with Crippen LogP contribution in [0.4, 0.5) is 0 Å². The van der Waals surface area contributed by atoms with Crippen molar-refractivity contribution < 1.29 is 19.0 Å². The molecule has 1 amide bonds. The van der Waals surface area contributed by atoms with Crippen LogP contribution in [0, 0.1) is 0 Å². The number of ether oxygens (including phenoxy) is 3. The number of nitrogens with one attached hydrogen (secondary N) is 1. The van der Waals surface area contributed by atoms with Gasteiger partial charge in [0.1, 0.15) is 17.2 Å². The molecule has 122 valence electrons. The second-order valence-corrected chi connectivity index (χ2v) is 4.98. The molecular formula is C18H21NO4.